The van der Waals surface area contributed by atoms with Crippen LogP contribution in [0.4, 0.5) is 5.69 Å². The molecule has 3 heterocycles. The Bertz CT molecular complexity index is 760. The predicted molar refractivity (Wildman–Crippen MR) is 109 cm³/mol. The molecule has 0 spiro atoms. The summed E-state index contributed by atoms with van der Waals surface area (Å²) in [7, 11) is 0. The molecule has 2 atom stereocenters. The SMILES string of the molecule is Cc1ccc(NC(=S)NC2C[C@H]3CC[C@H](C2)N3Cc2ccco2)cc1C. The van der Waals surface area contributed by atoms with E-state index in [1.807, 2.05) is 6.07 Å². The zero-order valence-corrected chi connectivity index (χ0v) is 16.3. The second kappa shape index (κ2) is 7.41. The third-order valence-electron chi connectivity index (χ3n) is 5.90. The van der Waals surface area contributed by atoms with Crippen LogP contribution in [0.1, 0.15) is 42.6 Å². The molecular weight excluding hydrogens is 342 g/mol. The largest absolute Gasteiger partial charge is 0.468 e. The van der Waals surface area contributed by atoms with Crippen molar-refractivity contribution in [2.45, 2.75) is 64.2 Å². The zero-order chi connectivity index (χ0) is 18.1. The number of nitrogens with zero attached hydrogens (tertiary/aromatic N) is 1. The van der Waals surface area contributed by atoms with Crippen LogP contribution in [0.3, 0.4) is 0 Å². The van der Waals surface area contributed by atoms with Gasteiger partial charge in [0.2, 0.25) is 0 Å². The van der Waals surface area contributed by atoms with Gasteiger partial charge < -0.3 is 15.1 Å². The van der Waals surface area contributed by atoms with E-state index in [9.17, 15) is 0 Å². The molecule has 4 nitrogen and oxygen atoms in total. The van der Waals surface area contributed by atoms with E-state index in [-0.39, 0.29) is 0 Å². The molecule has 2 saturated heterocycles. The smallest absolute Gasteiger partial charge is 0.170 e. The highest BCUT2D eigenvalue weighted by Crippen LogP contribution is 2.36. The van der Waals surface area contributed by atoms with E-state index in [0.717, 1.165) is 35.9 Å². The topological polar surface area (TPSA) is 40.4 Å². The van der Waals surface area contributed by atoms with Gasteiger partial charge in [0.1, 0.15) is 5.76 Å². The van der Waals surface area contributed by atoms with Gasteiger partial charge in [-0.15, -0.1) is 0 Å². The average molecular weight is 370 g/mol. The summed E-state index contributed by atoms with van der Waals surface area (Å²) < 4.78 is 5.55. The van der Waals surface area contributed by atoms with E-state index in [2.05, 4.69) is 53.6 Å². The van der Waals surface area contributed by atoms with Gasteiger partial charge in [-0.1, -0.05) is 6.07 Å². The monoisotopic (exact) mass is 369 g/mol. The zero-order valence-electron chi connectivity index (χ0n) is 15.5. The number of thiocarbonyl (C=S) groups is 1. The molecule has 2 aliphatic rings. The Morgan fingerprint density at radius 2 is 1.92 bits per heavy atom. The lowest BCUT2D eigenvalue weighted by atomic mass is 9.97. The van der Waals surface area contributed by atoms with Gasteiger partial charge in [0.15, 0.2) is 5.11 Å². The minimum atomic E-state index is 0.451. The number of aryl methyl sites for hydroxylation is 2. The van der Waals surface area contributed by atoms with Gasteiger partial charge >= 0.3 is 0 Å². The average Bonchev–Trinajstić information content (AvgIpc) is 3.18. The summed E-state index contributed by atoms with van der Waals surface area (Å²) in [5, 5.41) is 7.63. The summed E-state index contributed by atoms with van der Waals surface area (Å²) in [4.78, 5) is 2.62. The van der Waals surface area contributed by atoms with E-state index in [1.54, 1.807) is 6.26 Å². The molecular formula is C21H27N3OS. The number of nitrogens with one attached hydrogen (secondary N) is 2. The second-order valence-electron chi connectivity index (χ2n) is 7.70. The highest BCUT2D eigenvalue weighted by atomic mass is 32.1. The fraction of sp³-hybridized carbons (Fsp3) is 0.476. The Hall–Kier alpha value is -1.85. The lowest BCUT2D eigenvalue weighted by Gasteiger charge is -2.39. The molecule has 4 rings (SSSR count). The number of rotatable bonds is 4. The first kappa shape index (κ1) is 17.6. The minimum absolute atomic E-state index is 0.451. The maximum Gasteiger partial charge on any atom is 0.170 e. The van der Waals surface area contributed by atoms with E-state index < -0.39 is 0 Å². The van der Waals surface area contributed by atoms with E-state index in [0.29, 0.717) is 18.1 Å². The van der Waals surface area contributed by atoms with Crippen molar-refractivity contribution in [2.75, 3.05) is 5.32 Å². The van der Waals surface area contributed by atoms with Crippen LogP contribution < -0.4 is 10.6 Å². The first-order valence-corrected chi connectivity index (χ1v) is 9.92. The number of hydrogen-bond donors (Lipinski definition) is 2. The Kier molecular flexibility index (Phi) is 5.00. The van der Waals surface area contributed by atoms with Gasteiger partial charge in [-0.3, -0.25) is 4.90 Å². The van der Waals surface area contributed by atoms with Crippen molar-refractivity contribution in [1.29, 1.82) is 0 Å². The Morgan fingerprint density at radius 1 is 1.15 bits per heavy atom. The highest BCUT2D eigenvalue weighted by molar-refractivity contribution is 7.80. The summed E-state index contributed by atoms with van der Waals surface area (Å²) in [6.07, 6.45) is 6.61. The van der Waals surface area contributed by atoms with Gasteiger partial charge in [0.25, 0.3) is 0 Å². The Balaban J connectivity index is 1.32. The molecule has 0 radical (unpaired) electrons. The van der Waals surface area contributed by atoms with Gasteiger partial charge in [-0.05, 0) is 87.1 Å². The van der Waals surface area contributed by atoms with E-state index in [1.165, 1.54) is 24.0 Å². The summed E-state index contributed by atoms with van der Waals surface area (Å²) in [5.74, 6) is 1.07. The summed E-state index contributed by atoms with van der Waals surface area (Å²) in [5.41, 5.74) is 3.64. The fourth-order valence-corrected chi connectivity index (χ4v) is 4.69. The molecule has 2 aromatic rings. The lowest BCUT2D eigenvalue weighted by Crippen LogP contribution is -2.50. The Morgan fingerprint density at radius 3 is 2.58 bits per heavy atom. The molecule has 0 saturated carbocycles. The molecule has 5 heteroatoms. The van der Waals surface area contributed by atoms with Crippen LogP contribution in [0.5, 0.6) is 0 Å². The molecule has 2 fully saturated rings. The number of fused-ring (bicyclic) bond motifs is 2. The van der Waals surface area contributed by atoms with Crippen LogP contribution >= 0.6 is 12.2 Å². The molecule has 2 aliphatic heterocycles. The summed E-state index contributed by atoms with van der Waals surface area (Å²) in [6, 6.07) is 12.1. The summed E-state index contributed by atoms with van der Waals surface area (Å²) >= 11 is 5.56. The maximum absolute atomic E-state index is 5.56. The van der Waals surface area contributed by atoms with E-state index in [4.69, 9.17) is 16.6 Å². The molecule has 1 aromatic carbocycles. The normalized spacial score (nSPS) is 25.2. The van der Waals surface area contributed by atoms with Crippen LogP contribution in [-0.4, -0.2) is 28.1 Å². The van der Waals surface area contributed by atoms with Crippen molar-refractivity contribution >= 4 is 23.0 Å². The van der Waals surface area contributed by atoms with Crippen molar-refractivity contribution in [3.63, 3.8) is 0 Å². The first-order chi connectivity index (χ1) is 12.6. The maximum atomic E-state index is 5.56. The third-order valence-corrected chi connectivity index (χ3v) is 6.12. The van der Waals surface area contributed by atoms with Crippen molar-refractivity contribution in [3.8, 4) is 0 Å². The number of hydrogen-bond acceptors (Lipinski definition) is 3. The summed E-state index contributed by atoms with van der Waals surface area (Å²) in [6.45, 7) is 5.19. The number of anilines is 1. The Labute approximate surface area is 161 Å². The van der Waals surface area contributed by atoms with Crippen molar-refractivity contribution in [2.24, 2.45) is 0 Å². The number of furan rings is 1. The molecule has 0 unspecified atom stereocenters. The van der Waals surface area contributed by atoms with E-state index >= 15 is 0 Å². The fourth-order valence-electron chi connectivity index (χ4n) is 4.40. The molecule has 26 heavy (non-hydrogen) atoms. The van der Waals surface area contributed by atoms with Crippen LogP contribution in [0.25, 0.3) is 0 Å². The minimum Gasteiger partial charge on any atom is -0.468 e. The van der Waals surface area contributed by atoms with Crippen molar-refractivity contribution in [1.82, 2.24) is 10.2 Å². The van der Waals surface area contributed by atoms with Crippen LogP contribution in [0.2, 0.25) is 0 Å². The van der Waals surface area contributed by atoms with Crippen molar-refractivity contribution < 1.29 is 4.42 Å². The van der Waals surface area contributed by atoms with Gasteiger partial charge in [-0.25, -0.2) is 0 Å². The molecule has 2 bridgehead atoms. The molecule has 2 N–H and O–H groups in total. The van der Waals surface area contributed by atoms with Crippen LogP contribution in [-0.2, 0) is 6.54 Å². The van der Waals surface area contributed by atoms with Crippen LogP contribution in [0.15, 0.2) is 41.0 Å². The molecule has 0 amide bonds. The number of piperidine rings is 1. The van der Waals surface area contributed by atoms with Gasteiger partial charge in [-0.2, -0.15) is 0 Å². The molecule has 1 aromatic heterocycles. The molecule has 0 aliphatic carbocycles. The van der Waals surface area contributed by atoms with Gasteiger partial charge in [0, 0.05) is 23.8 Å². The second-order valence-corrected chi connectivity index (χ2v) is 8.11. The van der Waals surface area contributed by atoms with Gasteiger partial charge in [0.05, 0.1) is 12.8 Å². The third kappa shape index (κ3) is 3.79. The quantitative estimate of drug-likeness (QED) is 0.783. The first-order valence-electron chi connectivity index (χ1n) is 9.51. The standard InChI is InChI=1S/C21H27N3OS/c1-14-5-6-16(10-15(14)2)22-21(26)23-17-11-18-7-8-19(12-17)24(18)13-20-4-3-9-25-20/h3-6,9-10,17-19H,7-8,11-13H2,1-2H3,(H2,22,23,26)/t18-,19-/m1/s1. The van der Waals surface area contributed by atoms with Crippen LogP contribution in [0, 0.1) is 13.8 Å². The van der Waals surface area contributed by atoms with Crippen molar-refractivity contribution in [3.05, 3.63) is 53.5 Å². The molecule has 138 valence electrons. The highest BCUT2D eigenvalue weighted by Gasteiger charge is 2.41. The lowest BCUT2D eigenvalue weighted by molar-refractivity contribution is 0.106. The number of benzene rings is 1. The predicted octanol–water partition coefficient (Wildman–Crippen LogP) is 4.38.